The van der Waals surface area contributed by atoms with Crippen LogP contribution in [0.4, 0.5) is 5.69 Å². The highest BCUT2D eigenvalue weighted by Crippen LogP contribution is 2.17. The fraction of sp³-hybridized carbons (Fsp3) is 0.300. The SMILES string of the molecule is COc1cccc(N[C@H](C)C(=O)O)c1. The molecule has 1 aromatic carbocycles. The second-order valence-corrected chi connectivity index (χ2v) is 2.94. The third-order valence-corrected chi connectivity index (χ3v) is 1.82. The Labute approximate surface area is 82.5 Å². The molecule has 0 saturated carbocycles. The van der Waals surface area contributed by atoms with Crippen molar-refractivity contribution < 1.29 is 14.6 Å². The molecule has 0 radical (unpaired) electrons. The van der Waals surface area contributed by atoms with Crippen LogP contribution in [0.25, 0.3) is 0 Å². The van der Waals surface area contributed by atoms with Gasteiger partial charge in [0.05, 0.1) is 7.11 Å². The summed E-state index contributed by atoms with van der Waals surface area (Å²) < 4.78 is 5.01. The van der Waals surface area contributed by atoms with Crippen LogP contribution in [0.5, 0.6) is 5.75 Å². The summed E-state index contributed by atoms with van der Waals surface area (Å²) in [6.45, 7) is 1.59. The molecule has 0 aliphatic heterocycles. The van der Waals surface area contributed by atoms with E-state index in [2.05, 4.69) is 5.32 Å². The highest BCUT2D eigenvalue weighted by molar-refractivity contribution is 5.76. The number of aliphatic carboxylic acids is 1. The predicted octanol–water partition coefficient (Wildman–Crippen LogP) is 1.58. The van der Waals surface area contributed by atoms with E-state index in [1.807, 2.05) is 0 Å². The Morgan fingerprint density at radius 3 is 2.86 bits per heavy atom. The van der Waals surface area contributed by atoms with Crippen molar-refractivity contribution in [3.8, 4) is 5.75 Å². The largest absolute Gasteiger partial charge is 0.497 e. The van der Waals surface area contributed by atoms with Gasteiger partial charge in [-0.2, -0.15) is 0 Å². The lowest BCUT2D eigenvalue weighted by atomic mass is 10.2. The fourth-order valence-electron chi connectivity index (χ4n) is 1.02. The number of methoxy groups -OCH3 is 1. The van der Waals surface area contributed by atoms with E-state index in [-0.39, 0.29) is 0 Å². The van der Waals surface area contributed by atoms with Crippen LogP contribution in [0.15, 0.2) is 24.3 Å². The van der Waals surface area contributed by atoms with Crippen LogP contribution < -0.4 is 10.1 Å². The standard InChI is InChI=1S/C10H13NO3/c1-7(10(12)13)11-8-4-3-5-9(6-8)14-2/h3-7,11H,1-2H3,(H,12,13)/t7-/m1/s1. The average molecular weight is 195 g/mol. The second-order valence-electron chi connectivity index (χ2n) is 2.94. The molecule has 0 bridgehead atoms. The van der Waals surface area contributed by atoms with Gasteiger partial charge >= 0.3 is 5.97 Å². The molecule has 1 atom stereocenters. The Kier molecular flexibility index (Phi) is 3.34. The Balaban J connectivity index is 2.71. The lowest BCUT2D eigenvalue weighted by Gasteiger charge is -2.11. The van der Waals surface area contributed by atoms with Gasteiger partial charge in [0.25, 0.3) is 0 Å². The molecular weight excluding hydrogens is 182 g/mol. The number of ether oxygens (including phenoxy) is 1. The molecule has 0 aliphatic rings. The highest BCUT2D eigenvalue weighted by atomic mass is 16.5. The summed E-state index contributed by atoms with van der Waals surface area (Å²) >= 11 is 0. The van der Waals surface area contributed by atoms with Crippen molar-refractivity contribution in [2.45, 2.75) is 13.0 Å². The van der Waals surface area contributed by atoms with Gasteiger partial charge in [0.15, 0.2) is 0 Å². The number of carboxylic acids is 1. The van der Waals surface area contributed by atoms with E-state index in [4.69, 9.17) is 9.84 Å². The summed E-state index contributed by atoms with van der Waals surface area (Å²) in [7, 11) is 1.57. The van der Waals surface area contributed by atoms with Crippen molar-refractivity contribution in [1.82, 2.24) is 0 Å². The molecule has 4 nitrogen and oxygen atoms in total. The van der Waals surface area contributed by atoms with Crippen LogP contribution in [-0.4, -0.2) is 24.2 Å². The van der Waals surface area contributed by atoms with Gasteiger partial charge in [0, 0.05) is 11.8 Å². The molecule has 0 saturated heterocycles. The molecule has 0 amide bonds. The van der Waals surface area contributed by atoms with Crippen LogP contribution in [0.3, 0.4) is 0 Å². The third kappa shape index (κ3) is 2.65. The van der Waals surface area contributed by atoms with Crippen molar-refractivity contribution >= 4 is 11.7 Å². The molecule has 0 unspecified atom stereocenters. The first-order valence-electron chi connectivity index (χ1n) is 4.27. The molecule has 0 aromatic heterocycles. The van der Waals surface area contributed by atoms with Gasteiger partial charge in [0.2, 0.25) is 0 Å². The molecule has 0 fully saturated rings. The smallest absolute Gasteiger partial charge is 0.325 e. The summed E-state index contributed by atoms with van der Waals surface area (Å²) in [6, 6.07) is 6.54. The zero-order chi connectivity index (χ0) is 10.6. The maximum atomic E-state index is 10.6. The van der Waals surface area contributed by atoms with Crippen molar-refractivity contribution in [2.24, 2.45) is 0 Å². The van der Waals surface area contributed by atoms with E-state index in [9.17, 15) is 4.79 Å². The summed E-state index contributed by atoms with van der Waals surface area (Å²) in [4.78, 5) is 10.6. The number of carboxylic acid groups (broad SMARTS) is 1. The van der Waals surface area contributed by atoms with Gasteiger partial charge in [-0.3, -0.25) is 4.79 Å². The molecule has 0 aliphatic carbocycles. The van der Waals surface area contributed by atoms with E-state index < -0.39 is 12.0 Å². The summed E-state index contributed by atoms with van der Waals surface area (Å²) in [6.07, 6.45) is 0. The summed E-state index contributed by atoms with van der Waals surface area (Å²) in [5.41, 5.74) is 0.735. The molecule has 1 rings (SSSR count). The maximum Gasteiger partial charge on any atom is 0.325 e. The second kappa shape index (κ2) is 4.50. The van der Waals surface area contributed by atoms with E-state index in [0.29, 0.717) is 5.75 Å². The Morgan fingerprint density at radius 2 is 2.29 bits per heavy atom. The first-order valence-corrected chi connectivity index (χ1v) is 4.27. The van der Waals surface area contributed by atoms with Gasteiger partial charge in [0.1, 0.15) is 11.8 Å². The van der Waals surface area contributed by atoms with Crippen molar-refractivity contribution in [3.63, 3.8) is 0 Å². The van der Waals surface area contributed by atoms with Crippen molar-refractivity contribution in [2.75, 3.05) is 12.4 Å². The number of nitrogens with one attached hydrogen (secondary N) is 1. The van der Waals surface area contributed by atoms with E-state index in [1.165, 1.54) is 0 Å². The molecule has 0 spiro atoms. The minimum atomic E-state index is -0.882. The van der Waals surface area contributed by atoms with E-state index >= 15 is 0 Å². The summed E-state index contributed by atoms with van der Waals surface area (Å²) in [5.74, 6) is -0.180. The van der Waals surface area contributed by atoms with Crippen LogP contribution in [0.1, 0.15) is 6.92 Å². The van der Waals surface area contributed by atoms with Crippen LogP contribution in [0, 0.1) is 0 Å². The van der Waals surface area contributed by atoms with Gasteiger partial charge in [-0.1, -0.05) is 6.07 Å². The van der Waals surface area contributed by atoms with Gasteiger partial charge in [-0.25, -0.2) is 0 Å². The number of hydrogen-bond donors (Lipinski definition) is 2. The number of carbonyl (C=O) groups is 1. The van der Waals surface area contributed by atoms with Gasteiger partial charge in [-0.05, 0) is 19.1 Å². The Bertz CT molecular complexity index is 325. The minimum Gasteiger partial charge on any atom is -0.497 e. The van der Waals surface area contributed by atoms with Crippen LogP contribution >= 0.6 is 0 Å². The van der Waals surface area contributed by atoms with Crippen LogP contribution in [0.2, 0.25) is 0 Å². The monoisotopic (exact) mass is 195 g/mol. The molecular formula is C10H13NO3. The molecule has 4 heteroatoms. The minimum absolute atomic E-state index is 0.609. The average Bonchev–Trinajstić information content (AvgIpc) is 2.18. The third-order valence-electron chi connectivity index (χ3n) is 1.82. The normalized spacial score (nSPS) is 11.9. The zero-order valence-electron chi connectivity index (χ0n) is 8.15. The van der Waals surface area contributed by atoms with E-state index in [0.717, 1.165) is 5.69 Å². The van der Waals surface area contributed by atoms with Gasteiger partial charge < -0.3 is 15.2 Å². The number of anilines is 1. The molecule has 1 aromatic rings. The highest BCUT2D eigenvalue weighted by Gasteiger charge is 2.09. The Morgan fingerprint density at radius 1 is 1.57 bits per heavy atom. The number of benzene rings is 1. The first kappa shape index (κ1) is 10.4. The molecule has 76 valence electrons. The molecule has 14 heavy (non-hydrogen) atoms. The quantitative estimate of drug-likeness (QED) is 0.765. The fourth-order valence-corrected chi connectivity index (χ4v) is 1.02. The predicted molar refractivity (Wildman–Crippen MR) is 53.7 cm³/mol. The van der Waals surface area contributed by atoms with Crippen molar-refractivity contribution in [1.29, 1.82) is 0 Å². The number of hydrogen-bond acceptors (Lipinski definition) is 3. The lowest BCUT2D eigenvalue weighted by Crippen LogP contribution is -2.25. The molecule has 2 N–H and O–H groups in total. The zero-order valence-corrected chi connectivity index (χ0v) is 8.15. The summed E-state index contributed by atoms with van der Waals surface area (Å²) in [5, 5.41) is 11.5. The maximum absolute atomic E-state index is 10.6. The van der Waals surface area contributed by atoms with Crippen LogP contribution in [-0.2, 0) is 4.79 Å². The number of rotatable bonds is 4. The molecule has 0 heterocycles. The lowest BCUT2D eigenvalue weighted by molar-refractivity contribution is -0.137. The topological polar surface area (TPSA) is 58.6 Å². The van der Waals surface area contributed by atoms with E-state index in [1.54, 1.807) is 38.3 Å². The first-order chi connectivity index (χ1) is 6.63. The van der Waals surface area contributed by atoms with Gasteiger partial charge in [-0.15, -0.1) is 0 Å². The Hall–Kier alpha value is -1.71. The van der Waals surface area contributed by atoms with Crippen molar-refractivity contribution in [3.05, 3.63) is 24.3 Å².